The Hall–Kier alpha value is -1.49. The maximum Gasteiger partial charge on any atom is 0.148 e. The molecule has 0 fully saturated rings. The summed E-state index contributed by atoms with van der Waals surface area (Å²) in [6.07, 6.45) is 12.2. The van der Waals surface area contributed by atoms with Crippen LogP contribution in [0.5, 0.6) is 0 Å². The molecular formula is C8H7N2. The van der Waals surface area contributed by atoms with Crippen LogP contribution in [0.25, 0.3) is 0 Å². The smallest absolute Gasteiger partial charge is 0.148 e. The van der Waals surface area contributed by atoms with Crippen LogP contribution in [-0.4, -0.2) is 12.4 Å². The third kappa shape index (κ3) is 1.79. The van der Waals surface area contributed by atoms with Crippen molar-refractivity contribution in [1.82, 2.24) is 5.32 Å². The normalized spacial score (nSPS) is 18.5. The molecule has 0 spiro atoms. The first kappa shape index (κ1) is 6.63. The van der Waals surface area contributed by atoms with Gasteiger partial charge in [-0.3, -0.25) is 4.99 Å². The van der Waals surface area contributed by atoms with Crippen molar-refractivity contribution in [3.63, 3.8) is 0 Å². The Labute approximate surface area is 60.4 Å². The Kier molecular flexibility index (Phi) is 2.33. The molecule has 0 amide bonds. The van der Waals surface area contributed by atoms with E-state index in [9.17, 15) is 0 Å². The second-order valence-corrected chi connectivity index (χ2v) is 1.71. The molecule has 1 radical (unpaired) electrons. The van der Waals surface area contributed by atoms with E-state index in [1.807, 2.05) is 18.2 Å². The average Bonchev–Trinajstić information content (AvgIpc) is 2.03. The van der Waals surface area contributed by atoms with Crippen molar-refractivity contribution in [2.75, 3.05) is 6.54 Å². The van der Waals surface area contributed by atoms with Crippen LogP contribution in [-0.2, 0) is 0 Å². The Balaban J connectivity index is 2.51. The maximum atomic E-state index is 5.00. The molecule has 0 aliphatic carbocycles. The van der Waals surface area contributed by atoms with Crippen LogP contribution in [0.15, 0.2) is 29.4 Å². The van der Waals surface area contributed by atoms with Gasteiger partial charge in [-0.05, 0) is 12.2 Å². The highest BCUT2D eigenvalue weighted by Crippen LogP contribution is 1.89. The van der Waals surface area contributed by atoms with Gasteiger partial charge < -0.3 is 0 Å². The SMILES string of the molecule is C#CCN=C1C=CC=C[N]1. The summed E-state index contributed by atoms with van der Waals surface area (Å²) in [6, 6.07) is 0. The molecule has 0 atom stereocenters. The predicted octanol–water partition coefficient (Wildman–Crippen LogP) is 0.706. The lowest BCUT2D eigenvalue weighted by atomic mass is 10.4. The van der Waals surface area contributed by atoms with Gasteiger partial charge in [0, 0.05) is 6.20 Å². The third-order valence-electron chi connectivity index (χ3n) is 0.982. The molecular weight excluding hydrogens is 124 g/mol. The number of amidine groups is 1. The molecule has 0 unspecified atom stereocenters. The van der Waals surface area contributed by atoms with Crippen molar-refractivity contribution in [3.05, 3.63) is 24.4 Å². The molecule has 1 heterocycles. The summed E-state index contributed by atoms with van der Waals surface area (Å²) < 4.78 is 0. The van der Waals surface area contributed by atoms with Crippen molar-refractivity contribution >= 4 is 5.84 Å². The molecule has 1 aliphatic heterocycles. The van der Waals surface area contributed by atoms with E-state index in [-0.39, 0.29) is 0 Å². The Morgan fingerprint density at radius 1 is 1.60 bits per heavy atom. The van der Waals surface area contributed by atoms with Gasteiger partial charge in [0.1, 0.15) is 12.4 Å². The molecule has 0 aromatic rings. The summed E-state index contributed by atoms with van der Waals surface area (Å²) in [4.78, 5) is 3.98. The summed E-state index contributed by atoms with van der Waals surface area (Å²) in [5, 5.41) is 3.95. The zero-order valence-electron chi connectivity index (χ0n) is 5.49. The first-order valence-electron chi connectivity index (χ1n) is 2.95. The lowest BCUT2D eigenvalue weighted by molar-refractivity contribution is 1.17. The standard InChI is InChI=1S/C8H7N2/c1-2-6-9-8-5-3-4-7-10-8/h1,3-5,7H,6H2. The molecule has 0 aromatic heterocycles. The molecule has 10 heavy (non-hydrogen) atoms. The number of terminal acetylenes is 1. The van der Waals surface area contributed by atoms with Gasteiger partial charge in [0.25, 0.3) is 0 Å². The number of rotatable bonds is 1. The molecule has 1 aliphatic rings. The van der Waals surface area contributed by atoms with Crippen LogP contribution in [0.4, 0.5) is 0 Å². The minimum absolute atomic E-state index is 0.400. The van der Waals surface area contributed by atoms with E-state index in [2.05, 4.69) is 16.2 Å². The molecule has 49 valence electrons. The first-order valence-corrected chi connectivity index (χ1v) is 2.95. The highest BCUT2D eigenvalue weighted by Gasteiger charge is 1.92. The molecule has 2 heteroatoms. The first-order chi connectivity index (χ1) is 4.93. The van der Waals surface area contributed by atoms with Crippen LogP contribution < -0.4 is 5.32 Å². The molecule has 2 nitrogen and oxygen atoms in total. The number of hydrogen-bond acceptors (Lipinski definition) is 1. The lowest BCUT2D eigenvalue weighted by Crippen LogP contribution is -2.09. The lowest BCUT2D eigenvalue weighted by Gasteiger charge is -1.98. The Morgan fingerprint density at radius 2 is 2.50 bits per heavy atom. The number of aliphatic imine (C=N–C) groups is 1. The van der Waals surface area contributed by atoms with Crippen LogP contribution in [0.1, 0.15) is 0 Å². The number of nitrogens with zero attached hydrogens (tertiary/aromatic N) is 2. The van der Waals surface area contributed by atoms with E-state index in [1.54, 1.807) is 6.20 Å². The average molecular weight is 131 g/mol. The molecule has 0 N–H and O–H groups in total. The third-order valence-corrected chi connectivity index (χ3v) is 0.982. The van der Waals surface area contributed by atoms with E-state index in [0.29, 0.717) is 12.4 Å². The minimum atomic E-state index is 0.400. The number of allylic oxidation sites excluding steroid dienone is 2. The van der Waals surface area contributed by atoms with E-state index in [1.165, 1.54) is 0 Å². The van der Waals surface area contributed by atoms with E-state index in [4.69, 9.17) is 6.42 Å². The monoisotopic (exact) mass is 131 g/mol. The summed E-state index contributed by atoms with van der Waals surface area (Å²) in [6.45, 7) is 0.400. The summed E-state index contributed by atoms with van der Waals surface area (Å²) >= 11 is 0. The minimum Gasteiger partial charge on any atom is -0.254 e. The number of hydrogen-bond donors (Lipinski definition) is 0. The zero-order valence-corrected chi connectivity index (χ0v) is 5.49. The summed E-state index contributed by atoms with van der Waals surface area (Å²) in [5.41, 5.74) is 0. The molecule has 1 rings (SSSR count). The van der Waals surface area contributed by atoms with Crippen LogP contribution in [0, 0.1) is 12.3 Å². The van der Waals surface area contributed by atoms with Crippen LogP contribution in [0.3, 0.4) is 0 Å². The summed E-state index contributed by atoms with van der Waals surface area (Å²) in [7, 11) is 0. The predicted molar refractivity (Wildman–Crippen MR) is 41.5 cm³/mol. The van der Waals surface area contributed by atoms with Crippen molar-refractivity contribution in [1.29, 1.82) is 0 Å². The molecule has 0 saturated carbocycles. The van der Waals surface area contributed by atoms with E-state index >= 15 is 0 Å². The van der Waals surface area contributed by atoms with Crippen molar-refractivity contribution in [2.45, 2.75) is 0 Å². The van der Waals surface area contributed by atoms with Gasteiger partial charge in [0.15, 0.2) is 0 Å². The second-order valence-electron chi connectivity index (χ2n) is 1.71. The molecule has 0 saturated heterocycles. The van der Waals surface area contributed by atoms with Gasteiger partial charge in [-0.25, -0.2) is 5.32 Å². The highest BCUT2D eigenvalue weighted by atomic mass is 15.0. The topological polar surface area (TPSA) is 26.5 Å². The van der Waals surface area contributed by atoms with Gasteiger partial charge in [-0.2, -0.15) is 0 Å². The fraction of sp³-hybridized carbons (Fsp3) is 0.125. The van der Waals surface area contributed by atoms with Gasteiger partial charge in [-0.1, -0.05) is 12.0 Å². The Morgan fingerprint density at radius 3 is 3.10 bits per heavy atom. The Bertz CT molecular complexity index is 228. The quantitative estimate of drug-likeness (QED) is 0.468. The highest BCUT2D eigenvalue weighted by molar-refractivity contribution is 5.94. The van der Waals surface area contributed by atoms with Crippen molar-refractivity contribution in [3.8, 4) is 12.3 Å². The van der Waals surface area contributed by atoms with Gasteiger partial charge in [-0.15, -0.1) is 6.42 Å². The van der Waals surface area contributed by atoms with E-state index in [0.717, 1.165) is 0 Å². The summed E-state index contributed by atoms with van der Waals surface area (Å²) in [5.74, 6) is 3.10. The molecule has 0 aromatic carbocycles. The second kappa shape index (κ2) is 3.52. The molecule has 0 bridgehead atoms. The van der Waals surface area contributed by atoms with Gasteiger partial charge >= 0.3 is 0 Å². The fourth-order valence-electron chi connectivity index (χ4n) is 0.574. The maximum absolute atomic E-state index is 5.00. The fourth-order valence-corrected chi connectivity index (χ4v) is 0.574. The largest absolute Gasteiger partial charge is 0.254 e. The van der Waals surface area contributed by atoms with Crippen LogP contribution >= 0.6 is 0 Å². The van der Waals surface area contributed by atoms with Crippen molar-refractivity contribution in [2.24, 2.45) is 4.99 Å². The van der Waals surface area contributed by atoms with Crippen molar-refractivity contribution < 1.29 is 0 Å². The zero-order chi connectivity index (χ0) is 7.23. The van der Waals surface area contributed by atoms with Gasteiger partial charge in [0.2, 0.25) is 0 Å². The van der Waals surface area contributed by atoms with Crippen LogP contribution in [0.2, 0.25) is 0 Å². The van der Waals surface area contributed by atoms with Gasteiger partial charge in [0.05, 0.1) is 0 Å². The van der Waals surface area contributed by atoms with E-state index < -0.39 is 0 Å².